The van der Waals surface area contributed by atoms with Gasteiger partial charge in [-0.05, 0) is 37.1 Å². The highest BCUT2D eigenvalue weighted by atomic mass is 79.9. The Morgan fingerprint density at radius 3 is 2.81 bits per heavy atom. The summed E-state index contributed by atoms with van der Waals surface area (Å²) in [6.45, 7) is 6.26. The molecule has 5 heteroatoms. The second kappa shape index (κ2) is 7.97. The Hall–Kier alpha value is -0.840. The molecule has 0 aliphatic carbocycles. The number of nitrogens with one attached hydrogen (secondary N) is 1. The van der Waals surface area contributed by atoms with E-state index in [2.05, 4.69) is 50.7 Å². The van der Waals surface area contributed by atoms with E-state index in [0.717, 1.165) is 46.8 Å². The first-order valence-electron chi connectivity index (χ1n) is 7.36. The second-order valence-electron chi connectivity index (χ2n) is 5.03. The van der Waals surface area contributed by atoms with Crippen molar-refractivity contribution >= 4 is 27.5 Å². The number of aryl methyl sites for hydroxylation is 1. The van der Waals surface area contributed by atoms with Crippen LogP contribution in [0.4, 0.5) is 0 Å². The molecule has 1 aromatic carbocycles. The first kappa shape index (κ1) is 16.5. The van der Waals surface area contributed by atoms with Gasteiger partial charge in [-0.25, -0.2) is 4.98 Å². The highest BCUT2D eigenvalue weighted by Crippen LogP contribution is 2.30. The van der Waals surface area contributed by atoms with E-state index in [1.165, 1.54) is 0 Å². The van der Waals surface area contributed by atoms with Crippen LogP contribution in [0.1, 0.15) is 44.1 Å². The molecule has 1 N–H and O–H groups in total. The van der Waals surface area contributed by atoms with Crippen molar-refractivity contribution in [1.29, 1.82) is 0 Å². The predicted octanol–water partition coefficient (Wildman–Crippen LogP) is 4.80. The zero-order chi connectivity index (χ0) is 15.2. The van der Waals surface area contributed by atoms with Gasteiger partial charge in [0, 0.05) is 28.4 Å². The minimum atomic E-state index is 0.0677. The lowest BCUT2D eigenvalue weighted by atomic mass is 10.1. The SMILES string of the molecule is CCCNC(c1ccc(Cl)cc1Br)c1nccn1CCC. The van der Waals surface area contributed by atoms with Crippen LogP contribution in [0.3, 0.4) is 0 Å². The topological polar surface area (TPSA) is 29.9 Å². The van der Waals surface area contributed by atoms with Gasteiger partial charge in [0.05, 0.1) is 6.04 Å². The molecule has 0 amide bonds. The van der Waals surface area contributed by atoms with E-state index in [1.807, 2.05) is 24.5 Å². The third-order valence-corrected chi connectivity index (χ3v) is 4.26. The van der Waals surface area contributed by atoms with E-state index in [4.69, 9.17) is 11.6 Å². The minimum Gasteiger partial charge on any atom is -0.333 e. The Balaban J connectivity index is 2.39. The lowest BCUT2D eigenvalue weighted by molar-refractivity contribution is 0.529. The molecule has 0 saturated heterocycles. The van der Waals surface area contributed by atoms with Crippen molar-refractivity contribution < 1.29 is 0 Å². The molecular weight excluding hydrogens is 350 g/mol. The number of hydrogen-bond donors (Lipinski definition) is 1. The van der Waals surface area contributed by atoms with Crippen molar-refractivity contribution in [2.75, 3.05) is 6.54 Å². The summed E-state index contributed by atoms with van der Waals surface area (Å²) >= 11 is 9.69. The van der Waals surface area contributed by atoms with Crippen LogP contribution in [0.5, 0.6) is 0 Å². The predicted molar refractivity (Wildman–Crippen MR) is 91.8 cm³/mol. The Morgan fingerprint density at radius 1 is 1.33 bits per heavy atom. The zero-order valence-corrected chi connectivity index (χ0v) is 14.8. The summed E-state index contributed by atoms with van der Waals surface area (Å²) in [4.78, 5) is 4.57. The van der Waals surface area contributed by atoms with Crippen LogP contribution < -0.4 is 5.32 Å². The average molecular weight is 371 g/mol. The molecule has 21 heavy (non-hydrogen) atoms. The van der Waals surface area contributed by atoms with Gasteiger partial charge in [-0.15, -0.1) is 0 Å². The molecular formula is C16H21BrClN3. The number of halogens is 2. The third kappa shape index (κ3) is 4.09. The molecule has 1 atom stereocenters. The normalized spacial score (nSPS) is 12.6. The third-order valence-electron chi connectivity index (χ3n) is 3.34. The van der Waals surface area contributed by atoms with Crippen LogP contribution in [-0.4, -0.2) is 16.1 Å². The van der Waals surface area contributed by atoms with Gasteiger partial charge in [0.15, 0.2) is 0 Å². The molecule has 1 aromatic heterocycles. The van der Waals surface area contributed by atoms with Gasteiger partial charge in [-0.1, -0.05) is 47.4 Å². The largest absolute Gasteiger partial charge is 0.333 e. The molecule has 0 aliphatic heterocycles. The molecule has 1 heterocycles. The molecule has 1 unspecified atom stereocenters. The molecule has 2 aromatic rings. The van der Waals surface area contributed by atoms with Crippen molar-refractivity contribution in [3.63, 3.8) is 0 Å². The van der Waals surface area contributed by atoms with E-state index in [-0.39, 0.29) is 6.04 Å². The maximum Gasteiger partial charge on any atom is 0.130 e. The van der Waals surface area contributed by atoms with E-state index in [9.17, 15) is 0 Å². The molecule has 3 nitrogen and oxygen atoms in total. The smallest absolute Gasteiger partial charge is 0.130 e. The minimum absolute atomic E-state index is 0.0677. The first-order valence-corrected chi connectivity index (χ1v) is 8.53. The number of imidazole rings is 1. The molecule has 0 fully saturated rings. The summed E-state index contributed by atoms with van der Waals surface area (Å²) in [5.41, 5.74) is 1.16. The molecule has 0 aliphatic rings. The summed E-state index contributed by atoms with van der Waals surface area (Å²) in [5.74, 6) is 1.05. The molecule has 0 spiro atoms. The maximum atomic E-state index is 6.06. The zero-order valence-electron chi connectivity index (χ0n) is 12.4. The van der Waals surface area contributed by atoms with Crippen LogP contribution >= 0.6 is 27.5 Å². The van der Waals surface area contributed by atoms with Crippen molar-refractivity contribution in [2.45, 2.75) is 39.3 Å². The van der Waals surface area contributed by atoms with Crippen LogP contribution in [-0.2, 0) is 6.54 Å². The first-order chi connectivity index (χ1) is 10.2. The van der Waals surface area contributed by atoms with Gasteiger partial charge in [-0.2, -0.15) is 0 Å². The quantitative estimate of drug-likeness (QED) is 0.759. The van der Waals surface area contributed by atoms with Gasteiger partial charge in [0.1, 0.15) is 5.82 Å². The van der Waals surface area contributed by atoms with Gasteiger partial charge in [0.2, 0.25) is 0 Å². The summed E-state index contributed by atoms with van der Waals surface area (Å²) < 4.78 is 3.23. The van der Waals surface area contributed by atoms with Crippen molar-refractivity contribution in [1.82, 2.24) is 14.9 Å². The summed E-state index contributed by atoms with van der Waals surface area (Å²) in [7, 11) is 0. The fraction of sp³-hybridized carbons (Fsp3) is 0.438. The number of nitrogens with zero attached hydrogens (tertiary/aromatic N) is 2. The Kier molecular flexibility index (Phi) is 6.27. The second-order valence-corrected chi connectivity index (χ2v) is 6.32. The lowest BCUT2D eigenvalue weighted by Gasteiger charge is -2.21. The fourth-order valence-electron chi connectivity index (χ4n) is 2.38. The van der Waals surface area contributed by atoms with Crippen LogP contribution in [0, 0.1) is 0 Å². The summed E-state index contributed by atoms with van der Waals surface area (Å²) in [5, 5.41) is 4.32. The van der Waals surface area contributed by atoms with Gasteiger partial charge in [0.25, 0.3) is 0 Å². The van der Waals surface area contributed by atoms with Crippen molar-refractivity contribution in [2.24, 2.45) is 0 Å². The monoisotopic (exact) mass is 369 g/mol. The van der Waals surface area contributed by atoms with E-state index < -0.39 is 0 Å². The van der Waals surface area contributed by atoms with Gasteiger partial charge in [-0.3, -0.25) is 0 Å². The number of aromatic nitrogens is 2. The van der Waals surface area contributed by atoms with Crippen molar-refractivity contribution in [3.05, 3.63) is 51.5 Å². The van der Waals surface area contributed by atoms with E-state index in [0.29, 0.717) is 0 Å². The Labute approximate surface area is 139 Å². The Bertz CT molecular complexity index is 583. The summed E-state index contributed by atoms with van der Waals surface area (Å²) in [6, 6.07) is 5.99. The van der Waals surface area contributed by atoms with Gasteiger partial charge >= 0.3 is 0 Å². The van der Waals surface area contributed by atoms with Gasteiger partial charge < -0.3 is 9.88 Å². The van der Waals surface area contributed by atoms with Crippen molar-refractivity contribution in [3.8, 4) is 0 Å². The molecule has 0 saturated carbocycles. The summed E-state index contributed by atoms with van der Waals surface area (Å²) in [6.07, 6.45) is 6.08. The number of hydrogen-bond acceptors (Lipinski definition) is 2. The highest BCUT2D eigenvalue weighted by Gasteiger charge is 2.20. The average Bonchev–Trinajstić information content (AvgIpc) is 2.90. The van der Waals surface area contributed by atoms with Crippen LogP contribution in [0.25, 0.3) is 0 Å². The molecule has 2 rings (SSSR count). The number of rotatable bonds is 7. The highest BCUT2D eigenvalue weighted by molar-refractivity contribution is 9.10. The molecule has 0 radical (unpaired) electrons. The number of benzene rings is 1. The van der Waals surface area contributed by atoms with Crippen LogP contribution in [0.2, 0.25) is 5.02 Å². The molecule has 114 valence electrons. The lowest BCUT2D eigenvalue weighted by Crippen LogP contribution is -2.26. The Morgan fingerprint density at radius 2 is 2.14 bits per heavy atom. The fourth-order valence-corrected chi connectivity index (χ4v) is 3.29. The molecule has 0 bridgehead atoms. The standard InChI is InChI=1S/C16H21BrClN3/c1-3-7-19-15(13-6-5-12(18)11-14(13)17)16-20-8-10-21(16)9-4-2/h5-6,8,10-11,15,19H,3-4,7,9H2,1-2H3. The van der Waals surface area contributed by atoms with E-state index >= 15 is 0 Å². The van der Waals surface area contributed by atoms with E-state index in [1.54, 1.807) is 0 Å². The van der Waals surface area contributed by atoms with Crippen LogP contribution in [0.15, 0.2) is 35.1 Å². The maximum absolute atomic E-state index is 6.06.